The summed E-state index contributed by atoms with van der Waals surface area (Å²) >= 11 is 3.33. The third kappa shape index (κ3) is 2.66. The van der Waals surface area contributed by atoms with E-state index in [4.69, 9.17) is 0 Å². The Morgan fingerprint density at radius 3 is 2.94 bits per heavy atom. The van der Waals surface area contributed by atoms with Gasteiger partial charge in [0.25, 0.3) is 0 Å². The Kier molecular flexibility index (Phi) is 3.33. The van der Waals surface area contributed by atoms with E-state index in [2.05, 4.69) is 26.2 Å². The van der Waals surface area contributed by atoms with Crippen LogP contribution >= 0.6 is 15.9 Å². The lowest BCUT2D eigenvalue weighted by Crippen LogP contribution is -2.41. The number of pyridine rings is 1. The van der Waals surface area contributed by atoms with Crippen LogP contribution in [0.3, 0.4) is 0 Å². The van der Waals surface area contributed by atoms with Crippen LogP contribution in [0.5, 0.6) is 0 Å². The number of hydrogen-bond acceptors (Lipinski definition) is 3. The van der Waals surface area contributed by atoms with Gasteiger partial charge in [-0.3, -0.25) is 19.9 Å². The highest BCUT2D eigenvalue weighted by Gasteiger charge is 2.26. The molecule has 0 saturated carbocycles. The fourth-order valence-electron chi connectivity index (χ4n) is 1.79. The molecule has 0 aromatic carbocycles. The Balaban J connectivity index is 2.05. The van der Waals surface area contributed by atoms with Crippen molar-refractivity contribution in [2.75, 3.05) is 0 Å². The van der Waals surface area contributed by atoms with Gasteiger partial charge in [-0.1, -0.05) is 0 Å². The number of amides is 2. The summed E-state index contributed by atoms with van der Waals surface area (Å²) in [4.78, 5) is 26.5. The van der Waals surface area contributed by atoms with Crippen molar-refractivity contribution in [1.29, 1.82) is 0 Å². The molecule has 0 bridgehead atoms. The molecule has 5 heteroatoms. The Morgan fingerprint density at radius 2 is 2.25 bits per heavy atom. The van der Waals surface area contributed by atoms with Crippen molar-refractivity contribution >= 4 is 27.7 Å². The second kappa shape index (κ2) is 4.74. The summed E-state index contributed by atoms with van der Waals surface area (Å²) in [6.07, 6.45) is 5.13. The first-order valence-electron chi connectivity index (χ1n) is 5.08. The second-order valence-corrected chi connectivity index (χ2v) is 4.78. The van der Waals surface area contributed by atoms with E-state index in [-0.39, 0.29) is 17.7 Å². The molecule has 1 saturated heterocycles. The van der Waals surface area contributed by atoms with Crippen molar-refractivity contribution in [2.45, 2.75) is 19.3 Å². The van der Waals surface area contributed by atoms with Crippen LogP contribution in [-0.2, 0) is 16.0 Å². The van der Waals surface area contributed by atoms with Crippen molar-refractivity contribution in [2.24, 2.45) is 5.92 Å². The topological polar surface area (TPSA) is 59.1 Å². The molecule has 84 valence electrons. The largest absolute Gasteiger partial charge is 0.296 e. The minimum atomic E-state index is -0.173. The van der Waals surface area contributed by atoms with E-state index in [1.807, 2.05) is 6.07 Å². The van der Waals surface area contributed by atoms with Crippen LogP contribution in [0.15, 0.2) is 22.9 Å². The summed E-state index contributed by atoms with van der Waals surface area (Å²) in [6, 6.07) is 1.94. The zero-order valence-corrected chi connectivity index (χ0v) is 10.2. The number of nitrogens with zero attached hydrogens (tertiary/aromatic N) is 1. The number of hydrogen-bond donors (Lipinski definition) is 1. The summed E-state index contributed by atoms with van der Waals surface area (Å²) in [7, 11) is 0. The molecule has 1 aliphatic rings. The molecule has 2 amide bonds. The quantitative estimate of drug-likeness (QED) is 0.835. The number of halogens is 1. The van der Waals surface area contributed by atoms with Crippen molar-refractivity contribution in [1.82, 2.24) is 10.3 Å². The maximum atomic E-state index is 11.5. The molecule has 1 aromatic rings. The Morgan fingerprint density at radius 1 is 1.44 bits per heavy atom. The lowest BCUT2D eigenvalue weighted by Gasteiger charge is -2.20. The monoisotopic (exact) mass is 282 g/mol. The first-order chi connectivity index (χ1) is 7.65. The standard InChI is InChI=1S/C11H11BrN2O2/c12-9-4-7(5-13-6-9)3-8-1-2-10(15)14-11(8)16/h4-6,8H,1-3H2,(H,14,15,16). The van der Waals surface area contributed by atoms with Crippen LogP contribution in [0, 0.1) is 5.92 Å². The van der Waals surface area contributed by atoms with Gasteiger partial charge >= 0.3 is 0 Å². The van der Waals surface area contributed by atoms with Crippen LogP contribution in [0.25, 0.3) is 0 Å². The van der Waals surface area contributed by atoms with Gasteiger partial charge in [0.15, 0.2) is 0 Å². The highest BCUT2D eigenvalue weighted by atomic mass is 79.9. The van der Waals surface area contributed by atoms with Gasteiger partial charge in [0.2, 0.25) is 11.8 Å². The molecule has 16 heavy (non-hydrogen) atoms. The fraction of sp³-hybridized carbons (Fsp3) is 0.364. The van der Waals surface area contributed by atoms with Crippen molar-refractivity contribution < 1.29 is 9.59 Å². The molecule has 1 fully saturated rings. The molecule has 2 rings (SSSR count). The SMILES string of the molecule is O=C1CCC(Cc2cncc(Br)c2)C(=O)N1. The van der Waals surface area contributed by atoms with Gasteiger partial charge in [0, 0.05) is 29.2 Å². The molecule has 4 nitrogen and oxygen atoms in total. The van der Waals surface area contributed by atoms with Gasteiger partial charge in [0.05, 0.1) is 0 Å². The molecule has 1 N–H and O–H groups in total. The van der Waals surface area contributed by atoms with Crippen LogP contribution < -0.4 is 5.32 Å². The molecule has 0 spiro atoms. The fourth-order valence-corrected chi connectivity index (χ4v) is 2.20. The van der Waals surface area contributed by atoms with Crippen molar-refractivity contribution in [3.05, 3.63) is 28.5 Å². The summed E-state index contributed by atoms with van der Waals surface area (Å²) in [5.41, 5.74) is 1.00. The summed E-state index contributed by atoms with van der Waals surface area (Å²) in [5, 5.41) is 2.35. The lowest BCUT2D eigenvalue weighted by atomic mass is 9.92. The number of carbonyl (C=O) groups is 2. The Bertz CT molecular complexity index is 434. The van der Waals surface area contributed by atoms with Crippen molar-refractivity contribution in [3.8, 4) is 0 Å². The average molecular weight is 283 g/mol. The molecule has 1 atom stereocenters. The minimum absolute atomic E-state index is 0.117. The molecule has 2 heterocycles. The number of nitrogens with one attached hydrogen (secondary N) is 1. The van der Waals surface area contributed by atoms with Gasteiger partial charge in [-0.2, -0.15) is 0 Å². The highest BCUT2D eigenvalue weighted by molar-refractivity contribution is 9.10. The third-order valence-electron chi connectivity index (χ3n) is 2.60. The van der Waals surface area contributed by atoms with Crippen molar-refractivity contribution in [3.63, 3.8) is 0 Å². The van der Waals surface area contributed by atoms with Crippen LogP contribution in [0.4, 0.5) is 0 Å². The Labute approximate surface area is 102 Å². The van der Waals surface area contributed by atoms with E-state index in [1.54, 1.807) is 12.4 Å². The highest BCUT2D eigenvalue weighted by Crippen LogP contribution is 2.19. The second-order valence-electron chi connectivity index (χ2n) is 3.86. The van der Waals surface area contributed by atoms with Gasteiger partial charge in [-0.25, -0.2) is 0 Å². The minimum Gasteiger partial charge on any atom is -0.296 e. The normalized spacial score (nSPS) is 20.7. The van der Waals surface area contributed by atoms with E-state index in [9.17, 15) is 9.59 Å². The molecule has 1 aliphatic heterocycles. The van der Waals surface area contributed by atoms with Gasteiger partial charge in [0.1, 0.15) is 0 Å². The maximum absolute atomic E-state index is 11.5. The smallest absolute Gasteiger partial charge is 0.230 e. The number of rotatable bonds is 2. The summed E-state index contributed by atoms with van der Waals surface area (Å²) in [6.45, 7) is 0. The van der Waals surface area contributed by atoms with E-state index < -0.39 is 0 Å². The van der Waals surface area contributed by atoms with Gasteiger partial charge < -0.3 is 0 Å². The van der Waals surface area contributed by atoms with Crippen LogP contribution in [0.2, 0.25) is 0 Å². The third-order valence-corrected chi connectivity index (χ3v) is 3.03. The van der Waals surface area contributed by atoms with Crippen LogP contribution in [0.1, 0.15) is 18.4 Å². The number of piperidine rings is 1. The first kappa shape index (κ1) is 11.3. The maximum Gasteiger partial charge on any atom is 0.230 e. The number of carbonyl (C=O) groups excluding carboxylic acids is 2. The summed E-state index contributed by atoms with van der Waals surface area (Å²) in [5.74, 6) is -0.460. The number of imide groups is 1. The molecule has 1 unspecified atom stereocenters. The zero-order valence-electron chi connectivity index (χ0n) is 8.57. The molecule has 0 aliphatic carbocycles. The van der Waals surface area contributed by atoms with Crippen LogP contribution in [-0.4, -0.2) is 16.8 Å². The average Bonchev–Trinajstić information content (AvgIpc) is 2.22. The lowest BCUT2D eigenvalue weighted by molar-refractivity contribution is -0.136. The van der Waals surface area contributed by atoms with E-state index >= 15 is 0 Å². The molecule has 0 radical (unpaired) electrons. The number of aromatic nitrogens is 1. The van der Waals surface area contributed by atoms with E-state index in [0.29, 0.717) is 19.3 Å². The van der Waals surface area contributed by atoms with Gasteiger partial charge in [-0.15, -0.1) is 0 Å². The Hall–Kier alpha value is -1.23. The predicted octanol–water partition coefficient (Wildman–Crippen LogP) is 1.44. The summed E-state index contributed by atoms with van der Waals surface area (Å²) < 4.78 is 0.900. The predicted molar refractivity (Wildman–Crippen MR) is 61.5 cm³/mol. The zero-order chi connectivity index (χ0) is 11.5. The van der Waals surface area contributed by atoms with E-state index in [1.165, 1.54) is 0 Å². The molecular formula is C11H11BrN2O2. The first-order valence-corrected chi connectivity index (χ1v) is 5.87. The van der Waals surface area contributed by atoms with Gasteiger partial charge in [-0.05, 0) is 40.4 Å². The molecule has 1 aromatic heterocycles. The van der Waals surface area contributed by atoms with E-state index in [0.717, 1.165) is 10.0 Å². The molecular weight excluding hydrogens is 272 g/mol.